The number of anilines is 2. The molecule has 5 nitrogen and oxygen atoms in total. The van der Waals surface area contributed by atoms with Crippen molar-refractivity contribution in [3.8, 4) is 5.75 Å². The van der Waals surface area contributed by atoms with E-state index < -0.39 is 0 Å². The maximum absolute atomic E-state index is 12.0. The van der Waals surface area contributed by atoms with Gasteiger partial charge in [0.2, 0.25) is 11.8 Å². The van der Waals surface area contributed by atoms with E-state index in [2.05, 4.69) is 10.6 Å². The van der Waals surface area contributed by atoms with Gasteiger partial charge in [0.1, 0.15) is 18.8 Å². The zero-order valence-electron chi connectivity index (χ0n) is 14.7. The van der Waals surface area contributed by atoms with Gasteiger partial charge in [0.25, 0.3) is 0 Å². The highest BCUT2D eigenvalue weighted by molar-refractivity contribution is 6.08. The Bertz CT molecular complexity index is 878. The third kappa shape index (κ3) is 6.01. The van der Waals surface area contributed by atoms with E-state index in [0.717, 1.165) is 5.56 Å². The number of nitrogens with one attached hydrogen (secondary N) is 2. The van der Waals surface area contributed by atoms with E-state index in [1.165, 1.54) is 0 Å². The lowest BCUT2D eigenvalue weighted by Crippen LogP contribution is -2.21. The first-order valence-electron chi connectivity index (χ1n) is 8.60. The number of hydrogen-bond donors (Lipinski definition) is 2. The average molecular weight is 360 g/mol. The fraction of sp³-hybridized carbons (Fsp3) is 0.0909. The van der Waals surface area contributed by atoms with Gasteiger partial charge in [-0.3, -0.25) is 9.59 Å². The molecule has 2 amide bonds. The molecule has 0 aliphatic rings. The molecule has 0 saturated carbocycles. The molecule has 3 aromatic rings. The molecule has 0 aliphatic heterocycles. The van der Waals surface area contributed by atoms with E-state index in [-0.39, 0.29) is 18.2 Å². The number of para-hydroxylation sites is 1. The number of ether oxygens (including phenoxy) is 1. The zero-order valence-corrected chi connectivity index (χ0v) is 14.7. The number of hydrogen-bond acceptors (Lipinski definition) is 3. The second kappa shape index (κ2) is 9.20. The molecule has 0 heterocycles. The Morgan fingerprint density at radius 2 is 1.19 bits per heavy atom. The highest BCUT2D eigenvalue weighted by Crippen LogP contribution is 2.17. The monoisotopic (exact) mass is 360 g/mol. The number of rotatable bonds is 7. The number of carbonyl (C=O) groups excluding carboxylic acids is 2. The summed E-state index contributed by atoms with van der Waals surface area (Å²) in [6.45, 7) is 0.478. The predicted molar refractivity (Wildman–Crippen MR) is 106 cm³/mol. The Kier molecular flexibility index (Phi) is 6.20. The van der Waals surface area contributed by atoms with Crippen molar-refractivity contribution in [1.29, 1.82) is 0 Å². The zero-order chi connectivity index (χ0) is 18.9. The minimum atomic E-state index is -0.374. The maximum Gasteiger partial charge on any atom is 0.233 e. The fourth-order valence-electron chi connectivity index (χ4n) is 2.45. The van der Waals surface area contributed by atoms with Gasteiger partial charge in [-0.15, -0.1) is 0 Å². The second-order valence-corrected chi connectivity index (χ2v) is 5.94. The summed E-state index contributed by atoms with van der Waals surface area (Å²) >= 11 is 0. The van der Waals surface area contributed by atoms with Gasteiger partial charge < -0.3 is 15.4 Å². The van der Waals surface area contributed by atoms with E-state index in [1.54, 1.807) is 36.4 Å². The van der Waals surface area contributed by atoms with Gasteiger partial charge in [-0.1, -0.05) is 48.5 Å². The van der Waals surface area contributed by atoms with Crippen molar-refractivity contribution in [3.63, 3.8) is 0 Å². The van der Waals surface area contributed by atoms with E-state index in [0.29, 0.717) is 23.7 Å². The first-order valence-corrected chi connectivity index (χ1v) is 8.60. The molecule has 0 unspecified atom stereocenters. The average Bonchev–Trinajstić information content (AvgIpc) is 2.69. The molecule has 0 aliphatic carbocycles. The van der Waals surface area contributed by atoms with Crippen LogP contribution >= 0.6 is 0 Å². The van der Waals surface area contributed by atoms with Crippen LogP contribution < -0.4 is 15.4 Å². The molecule has 0 fully saturated rings. The van der Waals surface area contributed by atoms with E-state index >= 15 is 0 Å². The molecule has 136 valence electrons. The van der Waals surface area contributed by atoms with Crippen molar-refractivity contribution in [1.82, 2.24) is 0 Å². The van der Waals surface area contributed by atoms with Gasteiger partial charge >= 0.3 is 0 Å². The van der Waals surface area contributed by atoms with Crippen LogP contribution in [0.4, 0.5) is 11.4 Å². The standard InChI is InChI=1S/C22H20N2O3/c25-21(23-18-9-5-2-6-10-18)15-22(26)24-19-11-13-20(14-12-19)27-16-17-7-3-1-4-8-17/h1-14H,15-16H2,(H,23,25)(H,24,26). The third-order valence-electron chi connectivity index (χ3n) is 3.77. The van der Waals surface area contributed by atoms with Gasteiger partial charge in [0.15, 0.2) is 0 Å². The Balaban J connectivity index is 1.46. The largest absolute Gasteiger partial charge is 0.489 e. The minimum absolute atomic E-state index is 0.249. The first kappa shape index (κ1) is 18.2. The van der Waals surface area contributed by atoms with Crippen LogP contribution in [-0.2, 0) is 16.2 Å². The Labute approximate surface area is 158 Å². The lowest BCUT2D eigenvalue weighted by molar-refractivity contribution is -0.123. The van der Waals surface area contributed by atoms with E-state index in [4.69, 9.17) is 4.74 Å². The number of benzene rings is 3. The van der Waals surface area contributed by atoms with Crippen LogP contribution in [0.1, 0.15) is 12.0 Å². The molecule has 0 atom stereocenters. The van der Waals surface area contributed by atoms with Crippen LogP contribution in [0.5, 0.6) is 5.75 Å². The molecular formula is C22H20N2O3. The van der Waals surface area contributed by atoms with Crippen molar-refractivity contribution >= 4 is 23.2 Å². The molecule has 0 radical (unpaired) electrons. The lowest BCUT2D eigenvalue weighted by Gasteiger charge is -2.09. The highest BCUT2D eigenvalue weighted by atomic mass is 16.5. The van der Waals surface area contributed by atoms with Crippen LogP contribution in [0.25, 0.3) is 0 Å². The van der Waals surface area contributed by atoms with E-state index in [9.17, 15) is 9.59 Å². The number of amides is 2. The minimum Gasteiger partial charge on any atom is -0.489 e. The SMILES string of the molecule is O=C(CC(=O)Nc1ccc(OCc2ccccc2)cc1)Nc1ccccc1. The third-order valence-corrected chi connectivity index (χ3v) is 3.77. The van der Waals surface area contributed by atoms with Crippen molar-refractivity contribution in [2.24, 2.45) is 0 Å². The van der Waals surface area contributed by atoms with Crippen LogP contribution in [0.3, 0.4) is 0 Å². The predicted octanol–water partition coefficient (Wildman–Crippen LogP) is 4.23. The Hall–Kier alpha value is -3.60. The smallest absolute Gasteiger partial charge is 0.233 e. The van der Waals surface area contributed by atoms with Crippen LogP contribution in [0, 0.1) is 0 Å². The normalized spacial score (nSPS) is 10.1. The molecular weight excluding hydrogens is 340 g/mol. The van der Waals surface area contributed by atoms with Gasteiger partial charge in [0, 0.05) is 11.4 Å². The molecule has 0 spiro atoms. The summed E-state index contributed by atoms with van der Waals surface area (Å²) < 4.78 is 5.71. The molecule has 2 N–H and O–H groups in total. The quantitative estimate of drug-likeness (QED) is 0.620. The van der Waals surface area contributed by atoms with Gasteiger partial charge in [-0.05, 0) is 42.0 Å². The van der Waals surface area contributed by atoms with Crippen LogP contribution in [0.15, 0.2) is 84.9 Å². The van der Waals surface area contributed by atoms with Gasteiger partial charge in [0.05, 0.1) is 0 Å². The molecule has 27 heavy (non-hydrogen) atoms. The second-order valence-electron chi connectivity index (χ2n) is 5.94. The molecule has 0 bridgehead atoms. The lowest BCUT2D eigenvalue weighted by atomic mass is 10.2. The molecule has 5 heteroatoms. The summed E-state index contributed by atoms with van der Waals surface area (Å²) in [6, 6.07) is 25.9. The highest BCUT2D eigenvalue weighted by Gasteiger charge is 2.10. The topological polar surface area (TPSA) is 67.4 Å². The van der Waals surface area contributed by atoms with Gasteiger partial charge in [-0.25, -0.2) is 0 Å². The van der Waals surface area contributed by atoms with Crippen molar-refractivity contribution in [2.45, 2.75) is 13.0 Å². The van der Waals surface area contributed by atoms with E-state index in [1.807, 2.05) is 48.5 Å². The van der Waals surface area contributed by atoms with Crippen molar-refractivity contribution < 1.29 is 14.3 Å². The summed E-state index contributed by atoms with van der Waals surface area (Å²) in [4.78, 5) is 23.9. The van der Waals surface area contributed by atoms with Crippen LogP contribution in [0.2, 0.25) is 0 Å². The fourth-order valence-corrected chi connectivity index (χ4v) is 2.45. The summed E-state index contributed by atoms with van der Waals surface area (Å²) in [7, 11) is 0. The molecule has 3 aromatic carbocycles. The molecule has 0 saturated heterocycles. The summed E-state index contributed by atoms with van der Waals surface area (Å²) in [5.41, 5.74) is 2.36. The Morgan fingerprint density at radius 1 is 0.667 bits per heavy atom. The Morgan fingerprint density at radius 3 is 1.78 bits per heavy atom. The van der Waals surface area contributed by atoms with Crippen molar-refractivity contribution in [3.05, 3.63) is 90.5 Å². The first-order chi connectivity index (χ1) is 13.2. The maximum atomic E-state index is 12.0. The summed E-state index contributed by atoms with van der Waals surface area (Å²) in [6.07, 6.45) is -0.249. The number of carbonyl (C=O) groups is 2. The summed E-state index contributed by atoms with van der Waals surface area (Å²) in [5.74, 6) is -0.0263. The molecule has 0 aromatic heterocycles. The summed E-state index contributed by atoms with van der Waals surface area (Å²) in [5, 5.41) is 5.38. The van der Waals surface area contributed by atoms with Gasteiger partial charge in [-0.2, -0.15) is 0 Å². The van der Waals surface area contributed by atoms with Crippen LogP contribution in [-0.4, -0.2) is 11.8 Å². The molecule has 3 rings (SSSR count). The van der Waals surface area contributed by atoms with Crippen molar-refractivity contribution in [2.75, 3.05) is 10.6 Å².